The average molecular weight is 464 g/mol. The SMILES string of the molecule is C#CCNC(=O)c1c(NC(=O)c2cc(OC)nn2-c2ncccc2Cl)c(C)cc2ccnn12. The summed E-state index contributed by atoms with van der Waals surface area (Å²) in [7, 11) is 1.43. The molecule has 4 aromatic heterocycles. The van der Waals surface area contributed by atoms with E-state index in [4.69, 9.17) is 22.8 Å². The Hall–Kier alpha value is -4.36. The van der Waals surface area contributed by atoms with Crippen LogP contribution in [0.3, 0.4) is 0 Å². The Bertz CT molecular complexity index is 1420. The van der Waals surface area contributed by atoms with E-state index in [1.807, 2.05) is 0 Å². The van der Waals surface area contributed by atoms with Crippen LogP contribution in [0, 0.1) is 19.3 Å². The predicted molar refractivity (Wildman–Crippen MR) is 122 cm³/mol. The van der Waals surface area contributed by atoms with Crippen LogP contribution in [0.1, 0.15) is 26.5 Å². The van der Waals surface area contributed by atoms with Crippen molar-refractivity contribution in [3.63, 3.8) is 0 Å². The Balaban J connectivity index is 1.80. The molecule has 0 saturated heterocycles. The zero-order chi connectivity index (χ0) is 23.5. The van der Waals surface area contributed by atoms with Crippen molar-refractivity contribution in [2.75, 3.05) is 19.0 Å². The van der Waals surface area contributed by atoms with E-state index < -0.39 is 11.8 Å². The molecule has 0 spiro atoms. The van der Waals surface area contributed by atoms with Crippen molar-refractivity contribution >= 4 is 34.6 Å². The lowest BCUT2D eigenvalue weighted by Gasteiger charge is -2.15. The molecule has 0 atom stereocenters. The molecule has 166 valence electrons. The first-order chi connectivity index (χ1) is 15.9. The number of aromatic nitrogens is 5. The van der Waals surface area contributed by atoms with Crippen molar-refractivity contribution in [3.8, 4) is 24.0 Å². The van der Waals surface area contributed by atoms with Gasteiger partial charge in [-0.05, 0) is 36.8 Å². The number of terminal acetylenes is 1. The standard InChI is InChI=1S/C22H18ClN7O3/c1-4-8-25-22(32)19-18(13(2)11-14-7-10-26-29(14)19)27-21(31)16-12-17(33-3)28-30(16)20-15(23)6-5-9-24-20/h1,5-7,9-12H,8H2,2-3H3,(H,25,32)(H,27,31). The average Bonchev–Trinajstić information content (AvgIpc) is 3.45. The number of nitrogens with one attached hydrogen (secondary N) is 2. The highest BCUT2D eigenvalue weighted by Gasteiger charge is 2.24. The molecule has 0 fully saturated rings. The Morgan fingerprint density at radius 3 is 2.79 bits per heavy atom. The summed E-state index contributed by atoms with van der Waals surface area (Å²) in [5, 5.41) is 14.2. The fourth-order valence-electron chi connectivity index (χ4n) is 3.27. The van der Waals surface area contributed by atoms with E-state index in [2.05, 4.69) is 31.7 Å². The van der Waals surface area contributed by atoms with Crippen LogP contribution in [-0.2, 0) is 0 Å². The summed E-state index contributed by atoms with van der Waals surface area (Å²) in [6.45, 7) is 1.79. The van der Waals surface area contributed by atoms with Crippen LogP contribution in [0.2, 0.25) is 5.02 Å². The predicted octanol–water partition coefficient (Wildman–Crippen LogP) is 2.50. The van der Waals surface area contributed by atoms with Crippen LogP contribution in [0.4, 0.5) is 5.69 Å². The first-order valence-electron chi connectivity index (χ1n) is 9.70. The van der Waals surface area contributed by atoms with Crippen LogP contribution >= 0.6 is 11.6 Å². The molecule has 4 rings (SSSR count). The molecule has 0 radical (unpaired) electrons. The maximum atomic E-state index is 13.4. The Labute approximate surface area is 193 Å². The number of nitrogens with zero attached hydrogens (tertiary/aromatic N) is 5. The summed E-state index contributed by atoms with van der Waals surface area (Å²) in [6.07, 6.45) is 8.36. The second kappa shape index (κ2) is 9.02. The van der Waals surface area contributed by atoms with Gasteiger partial charge < -0.3 is 15.4 Å². The normalized spacial score (nSPS) is 10.6. The van der Waals surface area contributed by atoms with Gasteiger partial charge in [0.15, 0.2) is 11.5 Å². The molecule has 2 amide bonds. The molecule has 0 aliphatic carbocycles. The van der Waals surface area contributed by atoms with Crippen LogP contribution < -0.4 is 15.4 Å². The maximum Gasteiger partial charge on any atom is 0.274 e. The number of aryl methyl sites for hydroxylation is 1. The Kier molecular flexibility index (Phi) is 5.97. The van der Waals surface area contributed by atoms with Gasteiger partial charge in [-0.3, -0.25) is 9.59 Å². The first-order valence-corrected chi connectivity index (χ1v) is 10.1. The van der Waals surface area contributed by atoms with E-state index in [-0.39, 0.29) is 35.3 Å². The minimum atomic E-state index is -0.562. The number of methoxy groups -OCH3 is 1. The molecule has 33 heavy (non-hydrogen) atoms. The molecule has 4 heterocycles. The molecule has 0 aliphatic heterocycles. The topological polar surface area (TPSA) is 115 Å². The molecule has 0 aliphatic rings. The lowest BCUT2D eigenvalue weighted by atomic mass is 10.1. The zero-order valence-electron chi connectivity index (χ0n) is 17.7. The molecule has 0 saturated carbocycles. The number of carbonyl (C=O) groups is 2. The van der Waals surface area contributed by atoms with Crippen molar-refractivity contribution in [3.05, 3.63) is 64.7 Å². The van der Waals surface area contributed by atoms with Crippen molar-refractivity contribution in [1.29, 1.82) is 0 Å². The van der Waals surface area contributed by atoms with Gasteiger partial charge in [0.2, 0.25) is 5.88 Å². The third-order valence-corrected chi connectivity index (χ3v) is 5.05. The number of carbonyl (C=O) groups excluding carboxylic acids is 2. The summed E-state index contributed by atoms with van der Waals surface area (Å²) in [6, 6.07) is 8.29. The molecule has 2 N–H and O–H groups in total. The van der Waals surface area contributed by atoms with Gasteiger partial charge in [0.05, 0.1) is 36.1 Å². The number of pyridine rings is 2. The molecular formula is C22H18ClN7O3. The third kappa shape index (κ3) is 4.09. The molecule has 11 heteroatoms. The van der Waals surface area contributed by atoms with Crippen molar-refractivity contribution in [1.82, 2.24) is 29.7 Å². The number of fused-ring (bicyclic) bond motifs is 1. The minimum absolute atomic E-state index is 0.0189. The van der Waals surface area contributed by atoms with Crippen molar-refractivity contribution in [2.24, 2.45) is 0 Å². The highest BCUT2D eigenvalue weighted by molar-refractivity contribution is 6.32. The van der Waals surface area contributed by atoms with Gasteiger partial charge in [0, 0.05) is 12.3 Å². The van der Waals surface area contributed by atoms with E-state index in [0.29, 0.717) is 16.1 Å². The summed E-state index contributed by atoms with van der Waals surface area (Å²) < 4.78 is 7.90. The fourth-order valence-corrected chi connectivity index (χ4v) is 3.47. The van der Waals surface area contributed by atoms with E-state index in [0.717, 1.165) is 0 Å². The van der Waals surface area contributed by atoms with Gasteiger partial charge in [-0.1, -0.05) is 17.5 Å². The van der Waals surface area contributed by atoms with Crippen LogP contribution in [-0.4, -0.2) is 49.8 Å². The molecule has 4 aromatic rings. The number of anilines is 1. The third-order valence-electron chi connectivity index (χ3n) is 4.75. The lowest BCUT2D eigenvalue weighted by molar-refractivity contribution is 0.0952. The highest BCUT2D eigenvalue weighted by Crippen LogP contribution is 2.26. The zero-order valence-corrected chi connectivity index (χ0v) is 18.4. The maximum absolute atomic E-state index is 13.4. The summed E-state index contributed by atoms with van der Waals surface area (Å²) in [4.78, 5) is 30.5. The van der Waals surface area contributed by atoms with E-state index in [9.17, 15) is 9.59 Å². The number of ether oxygens (including phenoxy) is 1. The minimum Gasteiger partial charge on any atom is -0.480 e. The molecule has 0 unspecified atom stereocenters. The monoisotopic (exact) mass is 463 g/mol. The Morgan fingerprint density at radius 1 is 1.24 bits per heavy atom. The largest absolute Gasteiger partial charge is 0.480 e. The number of rotatable bonds is 6. The summed E-state index contributed by atoms with van der Waals surface area (Å²) in [5.41, 5.74) is 1.83. The van der Waals surface area contributed by atoms with Gasteiger partial charge in [0.25, 0.3) is 11.8 Å². The molecule has 0 aromatic carbocycles. The van der Waals surface area contributed by atoms with Gasteiger partial charge in [0.1, 0.15) is 5.69 Å². The summed E-state index contributed by atoms with van der Waals surface area (Å²) >= 11 is 6.26. The Morgan fingerprint density at radius 2 is 2.06 bits per heavy atom. The van der Waals surface area contributed by atoms with Gasteiger partial charge in [-0.25, -0.2) is 14.2 Å². The van der Waals surface area contributed by atoms with Gasteiger partial charge in [-0.15, -0.1) is 11.5 Å². The number of hydrogen-bond donors (Lipinski definition) is 2. The van der Waals surface area contributed by atoms with Gasteiger partial charge >= 0.3 is 0 Å². The second-order valence-corrected chi connectivity index (χ2v) is 7.26. The first kappa shape index (κ1) is 21.9. The lowest BCUT2D eigenvalue weighted by Crippen LogP contribution is -2.29. The van der Waals surface area contributed by atoms with E-state index >= 15 is 0 Å². The quantitative estimate of drug-likeness (QED) is 0.424. The van der Waals surface area contributed by atoms with E-state index in [1.165, 1.54) is 28.6 Å². The van der Waals surface area contributed by atoms with Crippen LogP contribution in [0.25, 0.3) is 11.3 Å². The summed E-state index contributed by atoms with van der Waals surface area (Å²) in [5.74, 6) is 1.75. The second-order valence-electron chi connectivity index (χ2n) is 6.85. The number of hydrogen-bond acceptors (Lipinski definition) is 6. The molecule has 10 nitrogen and oxygen atoms in total. The smallest absolute Gasteiger partial charge is 0.274 e. The van der Waals surface area contributed by atoms with Gasteiger partial charge in [-0.2, -0.15) is 5.10 Å². The molecular weight excluding hydrogens is 446 g/mol. The number of amides is 2. The van der Waals surface area contributed by atoms with Crippen LogP contribution in [0.5, 0.6) is 5.88 Å². The van der Waals surface area contributed by atoms with Crippen LogP contribution in [0.15, 0.2) is 42.7 Å². The molecule has 0 bridgehead atoms. The number of halogens is 1. The van der Waals surface area contributed by atoms with Crippen molar-refractivity contribution < 1.29 is 14.3 Å². The highest BCUT2D eigenvalue weighted by atomic mass is 35.5. The van der Waals surface area contributed by atoms with Crippen molar-refractivity contribution in [2.45, 2.75) is 6.92 Å². The van der Waals surface area contributed by atoms with E-state index in [1.54, 1.807) is 37.4 Å². The fraction of sp³-hybridized carbons (Fsp3) is 0.136.